The number of aryl methyl sites for hydroxylation is 2. The molecule has 1 aliphatic carbocycles. The zero-order chi connectivity index (χ0) is 15.5. The van der Waals surface area contributed by atoms with Gasteiger partial charge in [0.2, 0.25) is 0 Å². The van der Waals surface area contributed by atoms with E-state index in [1.165, 1.54) is 24.0 Å². The van der Waals surface area contributed by atoms with Crippen molar-refractivity contribution in [3.8, 4) is 0 Å². The molecule has 2 N–H and O–H groups in total. The molecule has 2 unspecified atom stereocenters. The van der Waals surface area contributed by atoms with Crippen molar-refractivity contribution in [2.24, 2.45) is 5.92 Å². The molecule has 4 nitrogen and oxygen atoms in total. The van der Waals surface area contributed by atoms with E-state index in [0.29, 0.717) is 13.1 Å². The van der Waals surface area contributed by atoms with Crippen LogP contribution < -0.4 is 0 Å². The van der Waals surface area contributed by atoms with Gasteiger partial charge in [0.1, 0.15) is 0 Å². The number of aliphatic carboxylic acids is 1. The molecule has 120 valence electrons. The van der Waals surface area contributed by atoms with Crippen molar-refractivity contribution in [3.63, 3.8) is 0 Å². The highest BCUT2D eigenvalue weighted by molar-refractivity contribution is 5.70. The van der Waals surface area contributed by atoms with Crippen LogP contribution in [0.4, 0.5) is 0 Å². The van der Waals surface area contributed by atoms with Crippen LogP contribution in [-0.2, 0) is 17.6 Å². The molecule has 2 atom stereocenters. The number of carbonyl (C=O) groups is 1. The predicted octanol–water partition coefficient (Wildman–Crippen LogP) is 2.40. The summed E-state index contributed by atoms with van der Waals surface area (Å²) < 4.78 is 0. The van der Waals surface area contributed by atoms with Crippen LogP contribution in [0.1, 0.15) is 48.5 Å². The van der Waals surface area contributed by atoms with Crippen LogP contribution in [0.15, 0.2) is 18.2 Å². The van der Waals surface area contributed by atoms with Crippen molar-refractivity contribution in [1.29, 1.82) is 0 Å². The zero-order valence-corrected chi connectivity index (χ0v) is 13.0. The lowest BCUT2D eigenvalue weighted by molar-refractivity contribution is -0.143. The fourth-order valence-electron chi connectivity index (χ4n) is 3.73. The van der Waals surface area contributed by atoms with Gasteiger partial charge >= 0.3 is 5.97 Å². The first kappa shape index (κ1) is 15.5. The Morgan fingerprint density at radius 1 is 1.23 bits per heavy atom. The highest BCUT2D eigenvalue weighted by Gasteiger charge is 2.26. The molecule has 0 bridgehead atoms. The van der Waals surface area contributed by atoms with E-state index in [-0.39, 0.29) is 5.92 Å². The molecule has 1 heterocycles. The maximum atomic E-state index is 11.1. The number of likely N-dealkylation sites (tertiary alicyclic amines) is 1. The van der Waals surface area contributed by atoms with Crippen LogP contribution >= 0.6 is 0 Å². The monoisotopic (exact) mass is 303 g/mol. The summed E-state index contributed by atoms with van der Waals surface area (Å²) in [6.07, 6.45) is 5.88. The van der Waals surface area contributed by atoms with E-state index in [1.54, 1.807) is 0 Å². The Balaban J connectivity index is 1.64. The molecule has 0 aromatic heterocycles. The standard InChI is InChI=1S/C18H25NO3/c20-17(12-19-9-3-6-16(11-19)18(21)22)15-8-7-13-4-1-2-5-14(13)10-15/h7-8,10,16-17,20H,1-6,9,11-12H2,(H,21,22). The minimum absolute atomic E-state index is 0.288. The average Bonchev–Trinajstić information content (AvgIpc) is 2.54. The number of benzene rings is 1. The first-order chi connectivity index (χ1) is 10.6. The Labute approximate surface area is 131 Å². The molecular weight excluding hydrogens is 278 g/mol. The lowest BCUT2D eigenvalue weighted by atomic mass is 9.89. The molecule has 1 fully saturated rings. The second-order valence-corrected chi connectivity index (χ2v) is 6.69. The highest BCUT2D eigenvalue weighted by Crippen LogP contribution is 2.26. The summed E-state index contributed by atoms with van der Waals surface area (Å²) in [7, 11) is 0. The van der Waals surface area contributed by atoms with Gasteiger partial charge in [-0.1, -0.05) is 18.2 Å². The zero-order valence-electron chi connectivity index (χ0n) is 13.0. The number of hydrogen-bond donors (Lipinski definition) is 2. The first-order valence-electron chi connectivity index (χ1n) is 8.38. The van der Waals surface area contributed by atoms with Gasteiger partial charge in [0.25, 0.3) is 0 Å². The van der Waals surface area contributed by atoms with E-state index in [9.17, 15) is 9.90 Å². The molecule has 1 aromatic carbocycles. The summed E-state index contributed by atoms with van der Waals surface area (Å²) in [5, 5.41) is 19.7. The van der Waals surface area contributed by atoms with Gasteiger partial charge in [-0.25, -0.2) is 0 Å². The van der Waals surface area contributed by atoms with E-state index in [1.807, 2.05) is 6.07 Å². The highest BCUT2D eigenvalue weighted by atomic mass is 16.4. The minimum atomic E-state index is -0.715. The van der Waals surface area contributed by atoms with Crippen LogP contribution in [-0.4, -0.2) is 40.7 Å². The van der Waals surface area contributed by atoms with Crippen molar-refractivity contribution in [3.05, 3.63) is 34.9 Å². The van der Waals surface area contributed by atoms with Gasteiger partial charge in [-0.2, -0.15) is 0 Å². The second kappa shape index (κ2) is 6.80. The van der Waals surface area contributed by atoms with Gasteiger partial charge in [-0.15, -0.1) is 0 Å². The fraction of sp³-hybridized carbons (Fsp3) is 0.611. The Bertz CT molecular complexity index is 543. The van der Waals surface area contributed by atoms with Crippen LogP contribution in [0.5, 0.6) is 0 Å². The molecule has 2 aliphatic rings. The Kier molecular flexibility index (Phi) is 4.79. The molecule has 1 aliphatic heterocycles. The Morgan fingerprint density at radius 3 is 2.77 bits per heavy atom. The van der Waals surface area contributed by atoms with Crippen LogP contribution in [0.2, 0.25) is 0 Å². The van der Waals surface area contributed by atoms with Crippen molar-refractivity contribution < 1.29 is 15.0 Å². The van der Waals surface area contributed by atoms with E-state index < -0.39 is 12.1 Å². The van der Waals surface area contributed by atoms with E-state index in [2.05, 4.69) is 17.0 Å². The fourth-order valence-corrected chi connectivity index (χ4v) is 3.73. The number of β-amino-alcohol motifs (C(OH)–C–C–N with tert-alkyl or cyclic N) is 1. The van der Waals surface area contributed by atoms with Gasteiger partial charge in [-0.05, 0) is 61.8 Å². The van der Waals surface area contributed by atoms with Gasteiger partial charge < -0.3 is 10.2 Å². The SMILES string of the molecule is O=C(O)C1CCCN(CC(O)c2ccc3c(c2)CCCC3)C1. The number of nitrogens with zero attached hydrogens (tertiary/aromatic N) is 1. The third-order valence-corrected chi connectivity index (χ3v) is 5.04. The number of aliphatic hydroxyl groups excluding tert-OH is 1. The summed E-state index contributed by atoms with van der Waals surface area (Å²) in [6, 6.07) is 6.34. The second-order valence-electron chi connectivity index (χ2n) is 6.69. The van der Waals surface area contributed by atoms with Crippen molar-refractivity contribution in [2.45, 2.75) is 44.6 Å². The van der Waals surface area contributed by atoms with Crippen molar-refractivity contribution >= 4 is 5.97 Å². The van der Waals surface area contributed by atoms with Gasteiger partial charge in [0.05, 0.1) is 12.0 Å². The van der Waals surface area contributed by atoms with E-state index >= 15 is 0 Å². The molecule has 0 radical (unpaired) electrons. The molecule has 1 aromatic rings. The summed E-state index contributed by atoms with van der Waals surface area (Å²) >= 11 is 0. The maximum absolute atomic E-state index is 11.1. The topological polar surface area (TPSA) is 60.8 Å². The summed E-state index contributed by atoms with van der Waals surface area (Å²) in [6.45, 7) is 1.96. The smallest absolute Gasteiger partial charge is 0.307 e. The quantitative estimate of drug-likeness (QED) is 0.896. The number of piperidine rings is 1. The number of carboxylic acids is 1. The van der Waals surface area contributed by atoms with E-state index in [4.69, 9.17) is 5.11 Å². The van der Waals surface area contributed by atoms with Crippen LogP contribution in [0.3, 0.4) is 0 Å². The van der Waals surface area contributed by atoms with Gasteiger partial charge in [0, 0.05) is 13.1 Å². The number of carboxylic acid groups (broad SMARTS) is 1. The Morgan fingerprint density at radius 2 is 2.00 bits per heavy atom. The normalized spacial score (nSPS) is 23.8. The number of hydrogen-bond acceptors (Lipinski definition) is 3. The molecule has 1 saturated heterocycles. The summed E-state index contributed by atoms with van der Waals surface area (Å²) in [5.41, 5.74) is 3.77. The summed E-state index contributed by atoms with van der Waals surface area (Å²) in [4.78, 5) is 13.2. The average molecular weight is 303 g/mol. The lowest BCUT2D eigenvalue weighted by Gasteiger charge is -2.32. The Hall–Kier alpha value is -1.39. The summed E-state index contributed by atoms with van der Waals surface area (Å²) in [5.74, 6) is -1.00. The third kappa shape index (κ3) is 3.50. The molecule has 0 saturated carbocycles. The van der Waals surface area contributed by atoms with Crippen molar-refractivity contribution in [2.75, 3.05) is 19.6 Å². The van der Waals surface area contributed by atoms with Gasteiger partial charge in [0.15, 0.2) is 0 Å². The molecule has 4 heteroatoms. The molecular formula is C18H25NO3. The molecule has 0 amide bonds. The third-order valence-electron chi connectivity index (χ3n) is 5.04. The van der Waals surface area contributed by atoms with Crippen LogP contribution in [0, 0.1) is 5.92 Å². The largest absolute Gasteiger partial charge is 0.481 e. The molecule has 3 rings (SSSR count). The van der Waals surface area contributed by atoms with Crippen molar-refractivity contribution in [1.82, 2.24) is 4.90 Å². The molecule has 0 spiro atoms. The number of aliphatic hydroxyl groups is 1. The minimum Gasteiger partial charge on any atom is -0.481 e. The number of fused-ring (bicyclic) bond motifs is 1. The maximum Gasteiger partial charge on any atom is 0.307 e. The molecule has 22 heavy (non-hydrogen) atoms. The number of rotatable bonds is 4. The predicted molar refractivity (Wildman–Crippen MR) is 84.8 cm³/mol. The van der Waals surface area contributed by atoms with Gasteiger partial charge in [-0.3, -0.25) is 9.69 Å². The van der Waals surface area contributed by atoms with Crippen LogP contribution in [0.25, 0.3) is 0 Å². The van der Waals surface area contributed by atoms with E-state index in [0.717, 1.165) is 37.8 Å². The first-order valence-corrected chi connectivity index (χ1v) is 8.38. The lowest BCUT2D eigenvalue weighted by Crippen LogP contribution is -2.40.